The highest BCUT2D eigenvalue weighted by Gasteiger charge is 2.12. The molecule has 1 aliphatic heterocycles. The van der Waals surface area contributed by atoms with Gasteiger partial charge in [0, 0.05) is 42.5 Å². The van der Waals surface area contributed by atoms with Gasteiger partial charge in [0.2, 0.25) is 5.91 Å². The maximum absolute atomic E-state index is 12.6. The number of benzene rings is 2. The molecule has 164 valence electrons. The first-order chi connectivity index (χ1) is 15.6. The van der Waals surface area contributed by atoms with E-state index in [0.717, 1.165) is 30.2 Å². The smallest absolute Gasteiger partial charge is 0.255 e. The van der Waals surface area contributed by atoms with E-state index in [1.54, 1.807) is 24.3 Å². The van der Waals surface area contributed by atoms with Crippen LogP contribution in [0.3, 0.4) is 0 Å². The number of hydrogen-bond donors (Lipinski definition) is 2. The zero-order valence-electron chi connectivity index (χ0n) is 18.2. The van der Waals surface area contributed by atoms with E-state index in [0.29, 0.717) is 16.9 Å². The Balaban J connectivity index is 1.44. The molecule has 32 heavy (non-hydrogen) atoms. The largest absolute Gasteiger partial charge is 0.355 e. The van der Waals surface area contributed by atoms with E-state index in [1.165, 1.54) is 32.6 Å². The Labute approximate surface area is 187 Å². The number of carbonyl (C=O) groups excluding carboxylic acids is 2. The van der Waals surface area contributed by atoms with Crippen LogP contribution in [0.25, 0.3) is 11.3 Å². The van der Waals surface area contributed by atoms with E-state index in [4.69, 9.17) is 0 Å². The van der Waals surface area contributed by atoms with E-state index in [1.807, 2.05) is 36.4 Å². The minimum absolute atomic E-state index is 0.151. The average molecular weight is 430 g/mol. The number of carbonyl (C=O) groups is 2. The van der Waals surface area contributed by atoms with Gasteiger partial charge in [-0.3, -0.25) is 9.59 Å². The number of aromatic nitrogens is 2. The summed E-state index contributed by atoms with van der Waals surface area (Å²) in [7, 11) is 0. The van der Waals surface area contributed by atoms with Crippen molar-refractivity contribution in [3.63, 3.8) is 0 Å². The summed E-state index contributed by atoms with van der Waals surface area (Å²) in [5.41, 5.74) is 3.49. The third-order valence-electron chi connectivity index (χ3n) is 5.46. The molecule has 7 heteroatoms. The number of anilines is 3. The number of amides is 2. The third kappa shape index (κ3) is 5.49. The maximum Gasteiger partial charge on any atom is 0.255 e. The van der Waals surface area contributed by atoms with Crippen LogP contribution >= 0.6 is 0 Å². The molecular formula is C25H27N5O2. The Morgan fingerprint density at radius 1 is 0.812 bits per heavy atom. The van der Waals surface area contributed by atoms with Crippen molar-refractivity contribution in [1.82, 2.24) is 10.2 Å². The van der Waals surface area contributed by atoms with Crippen molar-refractivity contribution in [3.05, 3.63) is 66.2 Å². The normalized spacial score (nSPS) is 13.8. The maximum atomic E-state index is 12.6. The molecule has 3 aromatic rings. The second-order valence-corrected chi connectivity index (χ2v) is 7.97. The first-order valence-electron chi connectivity index (χ1n) is 11.0. The molecule has 2 N–H and O–H groups in total. The lowest BCUT2D eigenvalue weighted by atomic mass is 10.1. The second kappa shape index (κ2) is 10.0. The Morgan fingerprint density at radius 2 is 1.56 bits per heavy atom. The molecule has 0 radical (unpaired) electrons. The topological polar surface area (TPSA) is 87.2 Å². The van der Waals surface area contributed by atoms with Gasteiger partial charge >= 0.3 is 0 Å². The zero-order valence-corrected chi connectivity index (χ0v) is 18.2. The van der Waals surface area contributed by atoms with Crippen LogP contribution < -0.4 is 15.5 Å². The molecule has 2 amide bonds. The van der Waals surface area contributed by atoms with Crippen LogP contribution in [0.5, 0.6) is 0 Å². The fourth-order valence-electron chi connectivity index (χ4n) is 3.82. The van der Waals surface area contributed by atoms with Crippen LogP contribution in [-0.2, 0) is 4.79 Å². The average Bonchev–Trinajstić information content (AvgIpc) is 3.09. The quantitative estimate of drug-likeness (QED) is 0.612. The highest BCUT2D eigenvalue weighted by atomic mass is 16.2. The Bertz CT molecular complexity index is 1070. The first kappa shape index (κ1) is 21.5. The van der Waals surface area contributed by atoms with Crippen molar-refractivity contribution >= 4 is 29.0 Å². The summed E-state index contributed by atoms with van der Waals surface area (Å²) in [5.74, 6) is 0.545. The molecule has 0 atom stereocenters. The van der Waals surface area contributed by atoms with Crippen molar-refractivity contribution in [2.24, 2.45) is 0 Å². The molecular weight excluding hydrogens is 402 g/mol. The van der Waals surface area contributed by atoms with E-state index in [9.17, 15) is 9.59 Å². The fraction of sp³-hybridized carbons (Fsp3) is 0.280. The Kier molecular flexibility index (Phi) is 6.75. The molecule has 0 bridgehead atoms. The fourth-order valence-corrected chi connectivity index (χ4v) is 3.82. The summed E-state index contributed by atoms with van der Waals surface area (Å²) in [4.78, 5) is 26.0. The van der Waals surface area contributed by atoms with Crippen molar-refractivity contribution in [3.8, 4) is 11.3 Å². The molecule has 0 saturated carbocycles. The second-order valence-electron chi connectivity index (χ2n) is 7.97. The van der Waals surface area contributed by atoms with Gasteiger partial charge in [-0.25, -0.2) is 0 Å². The van der Waals surface area contributed by atoms with Gasteiger partial charge in [-0.1, -0.05) is 25.0 Å². The lowest BCUT2D eigenvalue weighted by Crippen LogP contribution is -2.25. The predicted molar refractivity (Wildman–Crippen MR) is 127 cm³/mol. The molecule has 0 unspecified atom stereocenters. The summed E-state index contributed by atoms with van der Waals surface area (Å²) < 4.78 is 0. The molecule has 4 rings (SSSR count). The van der Waals surface area contributed by atoms with Crippen molar-refractivity contribution < 1.29 is 9.59 Å². The van der Waals surface area contributed by atoms with E-state index >= 15 is 0 Å². The van der Waals surface area contributed by atoms with Crippen molar-refractivity contribution in [1.29, 1.82) is 0 Å². The van der Waals surface area contributed by atoms with E-state index < -0.39 is 0 Å². The van der Waals surface area contributed by atoms with E-state index in [2.05, 4.69) is 25.7 Å². The molecule has 0 spiro atoms. The molecule has 1 aliphatic rings. The van der Waals surface area contributed by atoms with Gasteiger partial charge in [-0.15, -0.1) is 10.2 Å². The van der Waals surface area contributed by atoms with Crippen LogP contribution in [0.15, 0.2) is 60.7 Å². The predicted octanol–water partition coefficient (Wildman–Crippen LogP) is 4.73. The van der Waals surface area contributed by atoms with Gasteiger partial charge in [0.25, 0.3) is 5.91 Å². The lowest BCUT2D eigenvalue weighted by molar-refractivity contribution is -0.114. The summed E-state index contributed by atoms with van der Waals surface area (Å²) in [6.45, 7) is 3.50. The molecule has 0 aliphatic carbocycles. The molecule has 2 aromatic carbocycles. The lowest BCUT2D eigenvalue weighted by Gasteiger charge is -2.20. The zero-order chi connectivity index (χ0) is 22.3. The highest BCUT2D eigenvalue weighted by Crippen LogP contribution is 2.23. The molecule has 1 fully saturated rings. The Hall–Kier alpha value is -3.74. The van der Waals surface area contributed by atoms with E-state index in [-0.39, 0.29) is 11.8 Å². The molecule has 1 saturated heterocycles. The number of rotatable bonds is 5. The number of nitrogens with one attached hydrogen (secondary N) is 2. The van der Waals surface area contributed by atoms with Gasteiger partial charge in [-0.05, 0) is 61.4 Å². The van der Waals surface area contributed by atoms with Crippen molar-refractivity contribution in [2.75, 3.05) is 28.6 Å². The summed E-state index contributed by atoms with van der Waals surface area (Å²) in [6, 6.07) is 18.3. The highest BCUT2D eigenvalue weighted by molar-refractivity contribution is 6.04. The molecule has 1 aromatic heterocycles. The van der Waals surface area contributed by atoms with Gasteiger partial charge in [0.05, 0.1) is 5.69 Å². The SMILES string of the molecule is CC(=O)Nc1ccc(C(=O)Nc2cccc(-c3ccc(N4CCCCCC4)nn3)c2)cc1. The first-order valence-corrected chi connectivity index (χ1v) is 11.0. The number of nitrogens with zero attached hydrogens (tertiary/aromatic N) is 3. The van der Waals surface area contributed by atoms with Gasteiger partial charge < -0.3 is 15.5 Å². The van der Waals surface area contributed by atoms with Crippen LogP contribution in [0.4, 0.5) is 17.2 Å². The summed E-state index contributed by atoms with van der Waals surface area (Å²) in [5, 5.41) is 14.5. The van der Waals surface area contributed by atoms with Gasteiger partial charge in [-0.2, -0.15) is 0 Å². The van der Waals surface area contributed by atoms with Crippen LogP contribution in [-0.4, -0.2) is 35.1 Å². The third-order valence-corrected chi connectivity index (χ3v) is 5.46. The van der Waals surface area contributed by atoms with Crippen LogP contribution in [0, 0.1) is 0 Å². The monoisotopic (exact) mass is 429 g/mol. The van der Waals surface area contributed by atoms with Crippen LogP contribution in [0.2, 0.25) is 0 Å². The van der Waals surface area contributed by atoms with Gasteiger partial charge in [0.15, 0.2) is 5.82 Å². The summed E-state index contributed by atoms with van der Waals surface area (Å²) in [6.07, 6.45) is 4.95. The van der Waals surface area contributed by atoms with Crippen molar-refractivity contribution in [2.45, 2.75) is 32.6 Å². The molecule has 7 nitrogen and oxygen atoms in total. The minimum atomic E-state index is -0.223. The standard InChI is InChI=1S/C25H27N5O2/c1-18(31)26-21-11-9-19(10-12-21)25(32)27-22-8-6-7-20(17-22)23-13-14-24(29-28-23)30-15-4-2-3-5-16-30/h6-14,17H,2-5,15-16H2,1H3,(H,26,31)(H,27,32). The molecule has 2 heterocycles. The number of hydrogen-bond acceptors (Lipinski definition) is 5. The van der Waals surface area contributed by atoms with Gasteiger partial charge in [0.1, 0.15) is 0 Å². The Morgan fingerprint density at radius 3 is 2.22 bits per heavy atom. The summed E-state index contributed by atoms with van der Waals surface area (Å²) >= 11 is 0. The van der Waals surface area contributed by atoms with Crippen LogP contribution in [0.1, 0.15) is 43.0 Å². The minimum Gasteiger partial charge on any atom is -0.355 e.